The van der Waals surface area contributed by atoms with Crippen molar-refractivity contribution in [3.05, 3.63) is 51.1 Å². The lowest BCUT2D eigenvalue weighted by Gasteiger charge is -2.21. The molecule has 0 N–H and O–H groups in total. The summed E-state index contributed by atoms with van der Waals surface area (Å²) in [6.45, 7) is 1.05. The van der Waals surface area contributed by atoms with E-state index in [4.69, 9.17) is 0 Å². The third kappa shape index (κ3) is 3.64. The summed E-state index contributed by atoms with van der Waals surface area (Å²) in [7, 11) is 1.80. The van der Waals surface area contributed by atoms with E-state index < -0.39 is 0 Å². The van der Waals surface area contributed by atoms with Gasteiger partial charge in [-0.3, -0.25) is 9.59 Å². The standard InChI is InChI=1S/C17H17BrN2O2S/c1-19(11-15-3-2-8-23-15)17(22)12-9-16(21)20(10-12)14-6-4-13(18)5-7-14/h2-8,12H,9-11H2,1H3/t12-/m1/s1. The van der Waals surface area contributed by atoms with Crippen LogP contribution in [0.5, 0.6) is 0 Å². The summed E-state index contributed by atoms with van der Waals surface area (Å²) in [5.74, 6) is -0.224. The van der Waals surface area contributed by atoms with Crippen LogP contribution in [0.2, 0.25) is 0 Å². The minimum absolute atomic E-state index is 0.00944. The molecular formula is C17H17BrN2O2S. The predicted molar refractivity (Wildman–Crippen MR) is 95.4 cm³/mol. The van der Waals surface area contributed by atoms with Gasteiger partial charge in [-0.15, -0.1) is 11.3 Å². The number of thiophene rings is 1. The van der Waals surface area contributed by atoms with Crippen molar-refractivity contribution in [1.29, 1.82) is 0 Å². The van der Waals surface area contributed by atoms with Crippen molar-refractivity contribution in [1.82, 2.24) is 4.90 Å². The summed E-state index contributed by atoms with van der Waals surface area (Å²) in [6, 6.07) is 11.6. The molecule has 2 amide bonds. The van der Waals surface area contributed by atoms with Crippen molar-refractivity contribution in [2.75, 3.05) is 18.5 Å². The van der Waals surface area contributed by atoms with Crippen molar-refractivity contribution in [3.63, 3.8) is 0 Å². The van der Waals surface area contributed by atoms with Crippen LogP contribution in [0.4, 0.5) is 5.69 Å². The Kier molecular flexibility index (Phi) is 4.82. The van der Waals surface area contributed by atoms with Crippen LogP contribution in [0.25, 0.3) is 0 Å². The average molecular weight is 393 g/mol. The molecule has 120 valence electrons. The lowest BCUT2D eigenvalue weighted by Crippen LogP contribution is -2.34. The van der Waals surface area contributed by atoms with Gasteiger partial charge in [0.15, 0.2) is 0 Å². The third-order valence-corrected chi connectivity index (χ3v) is 5.35. The maximum absolute atomic E-state index is 12.6. The second kappa shape index (κ2) is 6.84. The van der Waals surface area contributed by atoms with Crippen LogP contribution < -0.4 is 4.90 Å². The summed E-state index contributed by atoms with van der Waals surface area (Å²) in [5.41, 5.74) is 0.842. The fraction of sp³-hybridized carbons (Fsp3) is 0.294. The molecule has 1 aromatic heterocycles. The van der Waals surface area contributed by atoms with Crippen LogP contribution in [0, 0.1) is 5.92 Å². The highest BCUT2D eigenvalue weighted by Gasteiger charge is 2.36. The monoisotopic (exact) mass is 392 g/mol. The van der Waals surface area contributed by atoms with Gasteiger partial charge in [0.25, 0.3) is 0 Å². The molecule has 0 saturated carbocycles. The van der Waals surface area contributed by atoms with Gasteiger partial charge < -0.3 is 9.80 Å². The highest BCUT2D eigenvalue weighted by Crippen LogP contribution is 2.27. The van der Waals surface area contributed by atoms with Crippen molar-refractivity contribution in [2.45, 2.75) is 13.0 Å². The Morgan fingerprint density at radius 2 is 2.09 bits per heavy atom. The number of rotatable bonds is 4. The Hall–Kier alpha value is -1.66. The number of anilines is 1. The largest absolute Gasteiger partial charge is 0.340 e. The molecule has 2 heterocycles. The SMILES string of the molecule is CN(Cc1cccs1)C(=O)[C@@H]1CC(=O)N(c2ccc(Br)cc2)C1. The fourth-order valence-electron chi connectivity index (χ4n) is 2.77. The molecule has 1 aliphatic heterocycles. The maximum atomic E-state index is 12.6. The molecule has 2 aromatic rings. The van der Waals surface area contributed by atoms with E-state index in [0.29, 0.717) is 13.1 Å². The van der Waals surface area contributed by atoms with E-state index in [1.54, 1.807) is 28.2 Å². The summed E-state index contributed by atoms with van der Waals surface area (Å²) < 4.78 is 0.969. The molecule has 6 heteroatoms. The quantitative estimate of drug-likeness (QED) is 0.798. The van der Waals surface area contributed by atoms with E-state index in [1.165, 1.54) is 0 Å². The zero-order chi connectivity index (χ0) is 16.4. The van der Waals surface area contributed by atoms with E-state index in [-0.39, 0.29) is 24.2 Å². The first-order valence-electron chi connectivity index (χ1n) is 7.38. The van der Waals surface area contributed by atoms with E-state index in [9.17, 15) is 9.59 Å². The zero-order valence-electron chi connectivity index (χ0n) is 12.7. The second-order valence-electron chi connectivity index (χ2n) is 5.66. The molecule has 0 spiro atoms. The number of benzene rings is 1. The van der Waals surface area contributed by atoms with Crippen molar-refractivity contribution < 1.29 is 9.59 Å². The third-order valence-electron chi connectivity index (χ3n) is 3.96. The topological polar surface area (TPSA) is 40.6 Å². The minimum Gasteiger partial charge on any atom is -0.340 e. The number of carbonyl (C=O) groups is 2. The van der Waals surface area contributed by atoms with Gasteiger partial charge >= 0.3 is 0 Å². The van der Waals surface area contributed by atoms with Crippen LogP contribution in [-0.4, -0.2) is 30.3 Å². The van der Waals surface area contributed by atoms with Crippen LogP contribution in [-0.2, 0) is 16.1 Å². The number of amides is 2. The normalized spacial score (nSPS) is 17.6. The van der Waals surface area contributed by atoms with Crippen LogP contribution in [0.3, 0.4) is 0 Å². The van der Waals surface area contributed by atoms with Crippen LogP contribution in [0.1, 0.15) is 11.3 Å². The zero-order valence-corrected chi connectivity index (χ0v) is 15.1. The molecule has 3 rings (SSSR count). The molecule has 1 aromatic carbocycles. The van der Waals surface area contributed by atoms with Gasteiger partial charge in [-0.25, -0.2) is 0 Å². The first-order valence-corrected chi connectivity index (χ1v) is 9.05. The molecule has 0 radical (unpaired) electrons. The van der Waals surface area contributed by atoms with Crippen LogP contribution in [0.15, 0.2) is 46.3 Å². The Labute approximate surface area is 147 Å². The molecule has 4 nitrogen and oxygen atoms in total. The molecule has 0 aliphatic carbocycles. The van der Waals surface area contributed by atoms with Gasteiger partial charge in [-0.05, 0) is 35.7 Å². The number of hydrogen-bond donors (Lipinski definition) is 0. The van der Waals surface area contributed by atoms with E-state index in [2.05, 4.69) is 15.9 Å². The number of nitrogens with zero attached hydrogens (tertiary/aromatic N) is 2. The first kappa shape index (κ1) is 16.2. The molecule has 1 atom stereocenters. The number of hydrogen-bond acceptors (Lipinski definition) is 3. The highest BCUT2D eigenvalue weighted by molar-refractivity contribution is 9.10. The summed E-state index contributed by atoms with van der Waals surface area (Å²) in [6.07, 6.45) is 0.281. The summed E-state index contributed by atoms with van der Waals surface area (Å²) in [5, 5.41) is 2.00. The van der Waals surface area contributed by atoms with Crippen molar-refractivity contribution in [3.8, 4) is 0 Å². The van der Waals surface area contributed by atoms with Gasteiger partial charge in [-0.2, -0.15) is 0 Å². The predicted octanol–water partition coefficient (Wildman–Crippen LogP) is 3.52. The van der Waals surface area contributed by atoms with Gasteiger partial charge in [0.1, 0.15) is 0 Å². The summed E-state index contributed by atoms with van der Waals surface area (Å²) in [4.78, 5) is 29.4. The van der Waals surface area contributed by atoms with E-state index >= 15 is 0 Å². The molecule has 1 saturated heterocycles. The molecule has 0 unspecified atom stereocenters. The smallest absolute Gasteiger partial charge is 0.228 e. The maximum Gasteiger partial charge on any atom is 0.228 e. The van der Waals surface area contributed by atoms with E-state index in [1.807, 2.05) is 41.8 Å². The van der Waals surface area contributed by atoms with Gasteiger partial charge in [0.05, 0.1) is 12.5 Å². The second-order valence-corrected chi connectivity index (χ2v) is 7.60. The molecular weight excluding hydrogens is 376 g/mol. The molecule has 0 bridgehead atoms. The average Bonchev–Trinajstić information content (AvgIpc) is 3.17. The van der Waals surface area contributed by atoms with E-state index in [0.717, 1.165) is 15.0 Å². The summed E-state index contributed by atoms with van der Waals surface area (Å²) >= 11 is 5.02. The fourth-order valence-corrected chi connectivity index (χ4v) is 3.79. The molecule has 1 fully saturated rings. The lowest BCUT2D eigenvalue weighted by atomic mass is 10.1. The van der Waals surface area contributed by atoms with Crippen LogP contribution >= 0.6 is 27.3 Å². The Bertz CT molecular complexity index is 700. The molecule has 23 heavy (non-hydrogen) atoms. The first-order chi connectivity index (χ1) is 11.0. The highest BCUT2D eigenvalue weighted by atomic mass is 79.9. The Morgan fingerprint density at radius 1 is 1.35 bits per heavy atom. The lowest BCUT2D eigenvalue weighted by molar-refractivity contribution is -0.135. The Morgan fingerprint density at radius 3 is 2.74 bits per heavy atom. The van der Waals surface area contributed by atoms with Crippen molar-refractivity contribution >= 4 is 44.8 Å². The van der Waals surface area contributed by atoms with Gasteiger partial charge in [-0.1, -0.05) is 22.0 Å². The molecule has 1 aliphatic rings. The number of halogens is 1. The van der Waals surface area contributed by atoms with Gasteiger partial charge in [0.2, 0.25) is 11.8 Å². The van der Waals surface area contributed by atoms with Gasteiger partial charge in [0, 0.05) is 35.1 Å². The van der Waals surface area contributed by atoms with Crippen molar-refractivity contribution in [2.24, 2.45) is 5.92 Å². The Balaban J connectivity index is 1.66. The number of carbonyl (C=O) groups excluding carboxylic acids is 2. The minimum atomic E-state index is -0.267.